The second-order valence-corrected chi connectivity index (χ2v) is 2.07. The third-order valence-electron chi connectivity index (χ3n) is 1.35. The van der Waals surface area contributed by atoms with Crippen LogP contribution in [0.4, 0.5) is 5.95 Å². The summed E-state index contributed by atoms with van der Waals surface area (Å²) in [4.78, 5) is 6.91. The largest absolute Gasteiger partial charge is 0.369 e. The van der Waals surface area contributed by atoms with Gasteiger partial charge in [-0.05, 0) is 18.2 Å². The number of imidazole rings is 1. The number of fused-ring (bicyclic) bond motifs is 1. The van der Waals surface area contributed by atoms with Crippen molar-refractivity contribution in [2.45, 2.75) is 0 Å². The van der Waals surface area contributed by atoms with Crippen molar-refractivity contribution in [1.29, 1.82) is 0 Å². The van der Waals surface area contributed by atoms with Gasteiger partial charge in [-0.1, -0.05) is 6.07 Å². The van der Waals surface area contributed by atoms with Crippen molar-refractivity contribution in [3.63, 3.8) is 0 Å². The zero-order valence-electron chi connectivity index (χ0n) is 5.26. The monoisotopic (exact) mass is 132 g/mol. The SMILES string of the molecule is Nc1nc2c[c]ccc2[nH]1. The van der Waals surface area contributed by atoms with Gasteiger partial charge >= 0.3 is 0 Å². The minimum absolute atomic E-state index is 0.453. The molecule has 3 heteroatoms. The first kappa shape index (κ1) is 5.29. The fourth-order valence-electron chi connectivity index (χ4n) is 0.916. The van der Waals surface area contributed by atoms with E-state index in [9.17, 15) is 0 Å². The summed E-state index contributed by atoms with van der Waals surface area (Å²) >= 11 is 0. The van der Waals surface area contributed by atoms with E-state index in [1.807, 2.05) is 12.1 Å². The molecular formula is C7H6N3. The van der Waals surface area contributed by atoms with E-state index >= 15 is 0 Å². The molecule has 10 heavy (non-hydrogen) atoms. The lowest BCUT2D eigenvalue weighted by Crippen LogP contribution is -1.84. The highest BCUT2D eigenvalue weighted by molar-refractivity contribution is 5.76. The van der Waals surface area contributed by atoms with Crippen molar-refractivity contribution in [3.8, 4) is 0 Å². The second kappa shape index (κ2) is 1.73. The van der Waals surface area contributed by atoms with Crippen molar-refractivity contribution in [1.82, 2.24) is 9.97 Å². The van der Waals surface area contributed by atoms with Crippen LogP contribution in [0.15, 0.2) is 18.2 Å². The number of anilines is 1. The average molecular weight is 132 g/mol. The number of nitrogens with two attached hydrogens (primary N) is 1. The van der Waals surface area contributed by atoms with Crippen LogP contribution in [0.2, 0.25) is 0 Å². The van der Waals surface area contributed by atoms with Gasteiger partial charge in [0.15, 0.2) is 5.95 Å². The molecule has 0 bridgehead atoms. The number of nitrogens with zero attached hydrogens (tertiary/aromatic N) is 1. The number of benzene rings is 1. The number of aromatic amines is 1. The van der Waals surface area contributed by atoms with E-state index in [-0.39, 0.29) is 0 Å². The molecule has 0 aliphatic carbocycles. The van der Waals surface area contributed by atoms with Gasteiger partial charge < -0.3 is 10.7 Å². The first-order valence-corrected chi connectivity index (χ1v) is 2.97. The van der Waals surface area contributed by atoms with Gasteiger partial charge in [0.2, 0.25) is 0 Å². The molecule has 0 aliphatic rings. The minimum atomic E-state index is 0.453. The molecule has 0 fully saturated rings. The summed E-state index contributed by atoms with van der Waals surface area (Å²) in [6.07, 6.45) is 0. The third kappa shape index (κ3) is 0.639. The van der Waals surface area contributed by atoms with Gasteiger partial charge in [-0.15, -0.1) is 0 Å². The Morgan fingerprint density at radius 2 is 2.50 bits per heavy atom. The van der Waals surface area contributed by atoms with Crippen molar-refractivity contribution in [2.75, 3.05) is 5.73 Å². The molecule has 49 valence electrons. The Balaban J connectivity index is 2.88. The van der Waals surface area contributed by atoms with Crippen molar-refractivity contribution < 1.29 is 0 Å². The number of nitrogens with one attached hydrogen (secondary N) is 1. The molecule has 0 saturated heterocycles. The molecule has 2 aromatic rings. The topological polar surface area (TPSA) is 54.7 Å². The van der Waals surface area contributed by atoms with Crippen LogP contribution in [0.5, 0.6) is 0 Å². The van der Waals surface area contributed by atoms with E-state index in [0.29, 0.717) is 5.95 Å². The lowest BCUT2D eigenvalue weighted by Gasteiger charge is -1.80. The smallest absolute Gasteiger partial charge is 0.198 e. The van der Waals surface area contributed by atoms with Crippen LogP contribution in [0.25, 0.3) is 11.0 Å². The Labute approximate surface area is 57.9 Å². The minimum Gasteiger partial charge on any atom is -0.369 e. The molecule has 1 aromatic carbocycles. The number of hydrogen-bond donors (Lipinski definition) is 2. The standard InChI is InChI=1S/C7H6N3/c8-7-9-5-3-1-2-4-6(5)10-7/h1,3-4H,(H3,8,9,10). The first-order valence-electron chi connectivity index (χ1n) is 2.97. The molecule has 0 atom stereocenters. The Hall–Kier alpha value is -1.51. The molecule has 3 N–H and O–H groups in total. The van der Waals surface area contributed by atoms with Crippen LogP contribution in [0.1, 0.15) is 0 Å². The van der Waals surface area contributed by atoms with E-state index in [1.165, 1.54) is 0 Å². The fourth-order valence-corrected chi connectivity index (χ4v) is 0.916. The maximum absolute atomic E-state index is 5.41. The predicted octanol–water partition coefficient (Wildman–Crippen LogP) is 0.945. The van der Waals surface area contributed by atoms with Gasteiger partial charge in [-0.3, -0.25) is 0 Å². The van der Waals surface area contributed by atoms with Gasteiger partial charge in [0.05, 0.1) is 11.0 Å². The summed E-state index contributed by atoms with van der Waals surface area (Å²) in [5.41, 5.74) is 7.23. The Morgan fingerprint density at radius 1 is 1.60 bits per heavy atom. The lowest BCUT2D eigenvalue weighted by atomic mass is 10.3. The fraction of sp³-hybridized carbons (Fsp3) is 0. The summed E-state index contributed by atoms with van der Waals surface area (Å²) in [6.45, 7) is 0. The zero-order chi connectivity index (χ0) is 6.97. The highest BCUT2D eigenvalue weighted by Crippen LogP contribution is 2.09. The zero-order valence-corrected chi connectivity index (χ0v) is 5.26. The molecule has 3 nitrogen and oxygen atoms in total. The van der Waals surface area contributed by atoms with Gasteiger partial charge in [0.25, 0.3) is 0 Å². The Morgan fingerprint density at radius 3 is 3.30 bits per heavy atom. The summed E-state index contributed by atoms with van der Waals surface area (Å²) < 4.78 is 0. The molecule has 0 unspecified atom stereocenters. The molecule has 0 saturated carbocycles. The molecular weight excluding hydrogens is 126 g/mol. The summed E-state index contributed by atoms with van der Waals surface area (Å²) in [7, 11) is 0. The lowest BCUT2D eigenvalue weighted by molar-refractivity contribution is 1.35. The van der Waals surface area contributed by atoms with Crippen LogP contribution in [0, 0.1) is 6.07 Å². The van der Waals surface area contributed by atoms with Crippen molar-refractivity contribution in [3.05, 3.63) is 24.3 Å². The second-order valence-electron chi connectivity index (χ2n) is 2.07. The number of aromatic nitrogens is 2. The van der Waals surface area contributed by atoms with Gasteiger partial charge in [-0.2, -0.15) is 0 Å². The van der Waals surface area contributed by atoms with E-state index in [2.05, 4.69) is 16.0 Å². The number of rotatable bonds is 0. The molecule has 2 rings (SSSR count). The van der Waals surface area contributed by atoms with E-state index in [1.54, 1.807) is 6.07 Å². The molecule has 1 heterocycles. The number of nitrogen functional groups attached to an aromatic ring is 1. The van der Waals surface area contributed by atoms with Gasteiger partial charge in [0, 0.05) is 0 Å². The summed E-state index contributed by atoms with van der Waals surface area (Å²) in [5.74, 6) is 0.453. The highest BCUT2D eigenvalue weighted by atomic mass is 15.0. The van der Waals surface area contributed by atoms with Crippen LogP contribution < -0.4 is 5.73 Å². The van der Waals surface area contributed by atoms with Crippen LogP contribution in [-0.2, 0) is 0 Å². The summed E-state index contributed by atoms with van der Waals surface area (Å²) in [5, 5.41) is 0. The maximum atomic E-state index is 5.41. The van der Waals surface area contributed by atoms with E-state index in [4.69, 9.17) is 5.73 Å². The van der Waals surface area contributed by atoms with Crippen LogP contribution in [-0.4, -0.2) is 9.97 Å². The highest BCUT2D eigenvalue weighted by Gasteiger charge is 1.94. The summed E-state index contributed by atoms with van der Waals surface area (Å²) in [6, 6.07) is 8.41. The van der Waals surface area contributed by atoms with Crippen LogP contribution >= 0.6 is 0 Å². The predicted molar refractivity (Wildman–Crippen MR) is 39.3 cm³/mol. The van der Waals surface area contributed by atoms with Crippen LogP contribution in [0.3, 0.4) is 0 Å². The molecule has 0 spiro atoms. The van der Waals surface area contributed by atoms with Crippen molar-refractivity contribution >= 4 is 17.0 Å². The maximum Gasteiger partial charge on any atom is 0.198 e. The Kier molecular flexibility index (Phi) is 0.917. The molecule has 0 amide bonds. The molecule has 1 radical (unpaired) electrons. The van der Waals surface area contributed by atoms with E-state index < -0.39 is 0 Å². The number of hydrogen-bond acceptors (Lipinski definition) is 2. The van der Waals surface area contributed by atoms with E-state index in [0.717, 1.165) is 11.0 Å². The normalized spacial score (nSPS) is 10.4. The third-order valence-corrected chi connectivity index (χ3v) is 1.35. The average Bonchev–Trinajstić information content (AvgIpc) is 2.27. The molecule has 1 aromatic heterocycles. The first-order chi connectivity index (χ1) is 4.86. The quantitative estimate of drug-likeness (QED) is 0.560. The van der Waals surface area contributed by atoms with Crippen molar-refractivity contribution in [2.24, 2.45) is 0 Å². The molecule has 0 aliphatic heterocycles. The number of H-pyrrole nitrogens is 1. The Bertz CT molecular complexity index is 317. The van der Waals surface area contributed by atoms with Gasteiger partial charge in [0.1, 0.15) is 0 Å². The van der Waals surface area contributed by atoms with Gasteiger partial charge in [-0.25, -0.2) is 4.98 Å².